The minimum atomic E-state index is 0. The Hall–Kier alpha value is -0.330. The summed E-state index contributed by atoms with van der Waals surface area (Å²) in [4.78, 5) is 11.7. The van der Waals surface area contributed by atoms with Crippen molar-refractivity contribution in [1.29, 1.82) is 0 Å². The molecular formula is C13H18ClIN2O. The third kappa shape index (κ3) is 5.12. The maximum atomic E-state index is 11.7. The summed E-state index contributed by atoms with van der Waals surface area (Å²) in [5, 5.41) is 6.26. The van der Waals surface area contributed by atoms with Crippen molar-refractivity contribution >= 4 is 46.6 Å². The summed E-state index contributed by atoms with van der Waals surface area (Å²) in [6.45, 7) is 2.17. The first-order chi connectivity index (χ1) is 8.24. The minimum absolute atomic E-state index is 0. The van der Waals surface area contributed by atoms with Crippen molar-refractivity contribution in [2.45, 2.75) is 19.3 Å². The summed E-state index contributed by atoms with van der Waals surface area (Å²) in [5.41, 5.74) is 0.895. The van der Waals surface area contributed by atoms with Crippen molar-refractivity contribution in [1.82, 2.24) is 5.32 Å². The maximum absolute atomic E-state index is 11.7. The Labute approximate surface area is 128 Å². The summed E-state index contributed by atoms with van der Waals surface area (Å²) in [6, 6.07) is 7.88. The molecule has 0 aliphatic carbocycles. The van der Waals surface area contributed by atoms with E-state index in [1.54, 1.807) is 0 Å². The first-order valence-electron chi connectivity index (χ1n) is 6.00. The van der Waals surface area contributed by atoms with Gasteiger partial charge in [-0.2, -0.15) is 0 Å². The van der Waals surface area contributed by atoms with Gasteiger partial charge in [0.1, 0.15) is 0 Å². The first-order valence-corrected chi connectivity index (χ1v) is 7.08. The number of nitrogens with one attached hydrogen (secondary N) is 2. The highest BCUT2D eigenvalue weighted by Gasteiger charge is 2.15. The number of carbonyl (C=O) groups is 1. The van der Waals surface area contributed by atoms with Crippen LogP contribution < -0.4 is 10.6 Å². The normalized spacial score (nSPS) is 18.2. The molecule has 1 heterocycles. The summed E-state index contributed by atoms with van der Waals surface area (Å²) < 4.78 is 1.14. The van der Waals surface area contributed by atoms with Crippen LogP contribution >= 0.6 is 35.0 Å². The molecule has 100 valence electrons. The van der Waals surface area contributed by atoms with Gasteiger partial charge >= 0.3 is 0 Å². The zero-order valence-corrected chi connectivity index (χ0v) is 13.1. The lowest BCUT2D eigenvalue weighted by Gasteiger charge is -2.08. The fourth-order valence-corrected chi connectivity index (χ4v) is 2.63. The molecule has 1 saturated heterocycles. The van der Waals surface area contributed by atoms with Gasteiger partial charge in [0.05, 0.1) is 0 Å². The molecule has 1 aliphatic rings. The summed E-state index contributed by atoms with van der Waals surface area (Å²) in [5.74, 6) is 0.801. The van der Waals surface area contributed by atoms with Crippen LogP contribution in [-0.4, -0.2) is 19.0 Å². The molecule has 1 amide bonds. The van der Waals surface area contributed by atoms with Gasteiger partial charge in [0, 0.05) is 15.7 Å². The summed E-state index contributed by atoms with van der Waals surface area (Å²) in [6.07, 6.45) is 2.82. The monoisotopic (exact) mass is 380 g/mol. The van der Waals surface area contributed by atoms with Crippen molar-refractivity contribution in [3.05, 3.63) is 27.8 Å². The molecule has 5 heteroatoms. The standard InChI is InChI=1S/C13H17IN2O.ClH/c14-11-2-1-3-12(8-11)16-13(17)5-4-10-6-7-15-9-10;/h1-3,8,10,15H,4-7,9H2,(H,16,17);1H. The van der Waals surface area contributed by atoms with Gasteiger partial charge in [-0.05, 0) is 72.6 Å². The van der Waals surface area contributed by atoms with E-state index >= 15 is 0 Å². The Morgan fingerprint density at radius 2 is 2.33 bits per heavy atom. The number of amides is 1. The molecule has 0 aromatic heterocycles. The number of hydrogen-bond donors (Lipinski definition) is 2. The van der Waals surface area contributed by atoms with Gasteiger partial charge in [-0.1, -0.05) is 6.07 Å². The molecule has 18 heavy (non-hydrogen) atoms. The predicted octanol–water partition coefficient (Wildman–Crippen LogP) is 3.04. The van der Waals surface area contributed by atoms with Crippen LogP contribution in [0, 0.1) is 9.49 Å². The van der Waals surface area contributed by atoms with Gasteiger partial charge in [-0.15, -0.1) is 12.4 Å². The van der Waals surface area contributed by atoms with Crippen molar-refractivity contribution in [2.24, 2.45) is 5.92 Å². The molecule has 1 unspecified atom stereocenters. The van der Waals surface area contributed by atoms with E-state index in [-0.39, 0.29) is 18.3 Å². The molecule has 3 nitrogen and oxygen atoms in total. The maximum Gasteiger partial charge on any atom is 0.224 e. The lowest BCUT2D eigenvalue weighted by molar-refractivity contribution is -0.116. The second kappa shape index (κ2) is 7.96. The number of benzene rings is 1. The molecule has 1 atom stereocenters. The van der Waals surface area contributed by atoms with Crippen molar-refractivity contribution in [2.75, 3.05) is 18.4 Å². The van der Waals surface area contributed by atoms with Crippen LogP contribution in [0.25, 0.3) is 0 Å². The topological polar surface area (TPSA) is 41.1 Å². The molecular weight excluding hydrogens is 363 g/mol. The average molecular weight is 381 g/mol. The third-order valence-electron chi connectivity index (χ3n) is 3.05. The Bertz CT molecular complexity index is 394. The highest BCUT2D eigenvalue weighted by Crippen LogP contribution is 2.16. The zero-order chi connectivity index (χ0) is 12.1. The lowest BCUT2D eigenvalue weighted by Crippen LogP contribution is -2.15. The van der Waals surface area contributed by atoms with Crippen LogP contribution in [0.2, 0.25) is 0 Å². The van der Waals surface area contributed by atoms with E-state index in [2.05, 4.69) is 33.2 Å². The van der Waals surface area contributed by atoms with E-state index in [9.17, 15) is 4.79 Å². The number of carbonyl (C=O) groups excluding carboxylic acids is 1. The van der Waals surface area contributed by atoms with Crippen LogP contribution in [0.3, 0.4) is 0 Å². The van der Waals surface area contributed by atoms with Gasteiger partial charge in [-0.25, -0.2) is 0 Å². The van der Waals surface area contributed by atoms with Gasteiger partial charge in [0.2, 0.25) is 5.91 Å². The quantitative estimate of drug-likeness (QED) is 0.788. The van der Waals surface area contributed by atoms with E-state index in [1.807, 2.05) is 24.3 Å². The molecule has 2 rings (SSSR count). The molecule has 0 saturated carbocycles. The van der Waals surface area contributed by atoms with E-state index in [1.165, 1.54) is 6.42 Å². The SMILES string of the molecule is Cl.O=C(CCC1CCNC1)Nc1cccc(I)c1. The fourth-order valence-electron chi connectivity index (χ4n) is 2.09. The average Bonchev–Trinajstić information content (AvgIpc) is 2.79. The van der Waals surface area contributed by atoms with Crippen LogP contribution in [-0.2, 0) is 4.79 Å². The Morgan fingerprint density at radius 3 is 3.00 bits per heavy atom. The van der Waals surface area contributed by atoms with Gasteiger partial charge in [0.15, 0.2) is 0 Å². The highest BCUT2D eigenvalue weighted by molar-refractivity contribution is 14.1. The molecule has 1 aromatic rings. The number of halogens is 2. The van der Waals surface area contributed by atoms with Crippen LogP contribution in [0.15, 0.2) is 24.3 Å². The summed E-state index contributed by atoms with van der Waals surface area (Å²) in [7, 11) is 0. The molecule has 1 aromatic carbocycles. The smallest absolute Gasteiger partial charge is 0.224 e. The van der Waals surface area contributed by atoms with E-state index in [0.717, 1.165) is 28.8 Å². The van der Waals surface area contributed by atoms with Crippen molar-refractivity contribution in [3.8, 4) is 0 Å². The zero-order valence-electron chi connectivity index (χ0n) is 10.1. The number of anilines is 1. The van der Waals surface area contributed by atoms with E-state index in [0.29, 0.717) is 12.3 Å². The molecule has 1 fully saturated rings. The van der Waals surface area contributed by atoms with Crippen LogP contribution in [0.4, 0.5) is 5.69 Å². The lowest BCUT2D eigenvalue weighted by atomic mass is 10.0. The molecule has 0 radical (unpaired) electrons. The molecule has 1 aliphatic heterocycles. The second-order valence-corrected chi connectivity index (χ2v) is 5.70. The van der Waals surface area contributed by atoms with Gasteiger partial charge < -0.3 is 10.6 Å². The third-order valence-corrected chi connectivity index (χ3v) is 3.72. The predicted molar refractivity (Wildman–Crippen MR) is 85.2 cm³/mol. The van der Waals surface area contributed by atoms with E-state index < -0.39 is 0 Å². The van der Waals surface area contributed by atoms with Crippen LogP contribution in [0.5, 0.6) is 0 Å². The van der Waals surface area contributed by atoms with E-state index in [4.69, 9.17) is 0 Å². The molecule has 0 bridgehead atoms. The Kier molecular flexibility index (Phi) is 6.96. The minimum Gasteiger partial charge on any atom is -0.326 e. The fraction of sp³-hybridized carbons (Fsp3) is 0.462. The van der Waals surface area contributed by atoms with Gasteiger partial charge in [-0.3, -0.25) is 4.79 Å². The Balaban J connectivity index is 0.00000162. The molecule has 0 spiro atoms. The number of hydrogen-bond acceptors (Lipinski definition) is 2. The summed E-state index contributed by atoms with van der Waals surface area (Å²) >= 11 is 2.24. The van der Waals surface area contributed by atoms with Crippen LogP contribution in [0.1, 0.15) is 19.3 Å². The van der Waals surface area contributed by atoms with Crippen molar-refractivity contribution < 1.29 is 4.79 Å². The Morgan fingerprint density at radius 1 is 1.50 bits per heavy atom. The van der Waals surface area contributed by atoms with Crippen molar-refractivity contribution in [3.63, 3.8) is 0 Å². The molecule has 2 N–H and O–H groups in total. The number of rotatable bonds is 4. The second-order valence-electron chi connectivity index (χ2n) is 4.46. The largest absolute Gasteiger partial charge is 0.326 e. The van der Waals surface area contributed by atoms with Gasteiger partial charge in [0.25, 0.3) is 0 Å². The first kappa shape index (κ1) is 15.7. The highest BCUT2D eigenvalue weighted by atomic mass is 127.